The number of hydrogen-bond donors (Lipinski definition) is 2. The van der Waals surface area contributed by atoms with Gasteiger partial charge in [-0.2, -0.15) is 0 Å². The van der Waals surface area contributed by atoms with E-state index in [2.05, 4.69) is 0 Å². The van der Waals surface area contributed by atoms with Crippen LogP contribution in [-0.2, 0) is 0 Å². The van der Waals surface area contributed by atoms with Gasteiger partial charge in [-0.3, -0.25) is 4.79 Å². The highest BCUT2D eigenvalue weighted by Gasteiger charge is 2.21. The molecule has 0 aliphatic carbocycles. The second-order valence-corrected chi connectivity index (χ2v) is 3.68. The molecule has 0 radical (unpaired) electrons. The molecule has 0 fully saturated rings. The van der Waals surface area contributed by atoms with Gasteiger partial charge in [0.25, 0.3) is 0 Å². The van der Waals surface area contributed by atoms with Gasteiger partial charge >= 0.3 is 0 Å². The van der Waals surface area contributed by atoms with E-state index in [1.54, 1.807) is 0 Å². The van der Waals surface area contributed by atoms with Gasteiger partial charge in [0.15, 0.2) is 5.78 Å². The number of carbonyl (C=O) groups excluding carboxylic acids is 1. The molecule has 1 atom stereocenters. The summed E-state index contributed by atoms with van der Waals surface area (Å²) in [5, 5.41) is 9.68. The van der Waals surface area contributed by atoms with Crippen LogP contribution in [0.4, 0.5) is 4.39 Å². The van der Waals surface area contributed by atoms with Crippen LogP contribution in [0.25, 0.3) is 0 Å². The number of benzene rings is 1. The summed E-state index contributed by atoms with van der Waals surface area (Å²) >= 11 is 0. The number of aromatic hydroxyl groups is 1. The summed E-state index contributed by atoms with van der Waals surface area (Å²) in [6.07, 6.45) is 0. The number of Topliss-reactive ketones (excluding diaryl/α,β-unsaturated/α-hetero) is 1. The van der Waals surface area contributed by atoms with E-state index in [-0.39, 0.29) is 16.9 Å². The number of aryl methyl sites for hydroxylation is 1. The number of rotatable bonds is 2. The van der Waals surface area contributed by atoms with Gasteiger partial charge in [0, 0.05) is 0 Å². The quantitative estimate of drug-likeness (QED) is 0.731. The van der Waals surface area contributed by atoms with Crippen molar-refractivity contribution < 1.29 is 14.3 Å². The molecule has 82 valence electrons. The van der Waals surface area contributed by atoms with E-state index in [1.807, 2.05) is 0 Å². The molecular formula is C11H14FNO2. The van der Waals surface area contributed by atoms with Crippen molar-refractivity contribution in [2.75, 3.05) is 0 Å². The highest BCUT2D eigenvalue weighted by Crippen LogP contribution is 2.28. The van der Waals surface area contributed by atoms with E-state index in [0.29, 0.717) is 5.56 Å². The molecule has 0 aliphatic rings. The van der Waals surface area contributed by atoms with E-state index >= 15 is 0 Å². The van der Waals surface area contributed by atoms with Crippen LogP contribution in [0.3, 0.4) is 0 Å². The Morgan fingerprint density at radius 3 is 2.53 bits per heavy atom. The standard InChI is InChI=1S/C11H14FNO2/c1-5-4-8(12)6(2)9(10(5)14)11(15)7(3)13/h4,7,14H,13H2,1-3H3. The molecule has 0 amide bonds. The molecule has 0 bridgehead atoms. The Bertz CT molecular complexity index is 387. The van der Waals surface area contributed by atoms with Crippen LogP contribution in [0.15, 0.2) is 6.07 Å². The van der Waals surface area contributed by atoms with E-state index in [0.717, 1.165) is 0 Å². The van der Waals surface area contributed by atoms with E-state index in [9.17, 15) is 14.3 Å². The van der Waals surface area contributed by atoms with Crippen molar-refractivity contribution in [2.24, 2.45) is 5.73 Å². The topological polar surface area (TPSA) is 63.3 Å². The molecule has 1 unspecified atom stereocenters. The predicted octanol–water partition coefficient (Wildman–Crippen LogP) is 1.68. The van der Waals surface area contributed by atoms with Gasteiger partial charge < -0.3 is 10.8 Å². The van der Waals surface area contributed by atoms with Crippen LogP contribution in [0.5, 0.6) is 5.75 Å². The minimum atomic E-state index is -0.754. The lowest BCUT2D eigenvalue weighted by molar-refractivity contribution is 0.0964. The zero-order valence-electron chi connectivity index (χ0n) is 8.97. The van der Waals surface area contributed by atoms with E-state index < -0.39 is 17.6 Å². The maximum atomic E-state index is 13.3. The van der Waals surface area contributed by atoms with Crippen molar-refractivity contribution in [1.29, 1.82) is 0 Å². The molecule has 0 spiro atoms. The zero-order valence-corrected chi connectivity index (χ0v) is 8.97. The average molecular weight is 211 g/mol. The first-order chi connectivity index (χ1) is 6.86. The molecule has 4 heteroatoms. The van der Waals surface area contributed by atoms with Gasteiger partial charge in [-0.1, -0.05) is 0 Å². The lowest BCUT2D eigenvalue weighted by Gasteiger charge is -2.12. The van der Waals surface area contributed by atoms with Crippen molar-refractivity contribution in [3.05, 3.63) is 28.6 Å². The van der Waals surface area contributed by atoms with E-state index in [4.69, 9.17) is 5.73 Å². The third kappa shape index (κ3) is 1.99. The molecule has 0 saturated heterocycles. The highest BCUT2D eigenvalue weighted by molar-refractivity contribution is 6.03. The highest BCUT2D eigenvalue weighted by atomic mass is 19.1. The Balaban J connectivity index is 3.46. The number of ketones is 1. The fourth-order valence-electron chi connectivity index (χ4n) is 1.39. The second kappa shape index (κ2) is 3.98. The molecule has 0 aliphatic heterocycles. The summed E-state index contributed by atoms with van der Waals surface area (Å²) < 4.78 is 13.3. The molecule has 15 heavy (non-hydrogen) atoms. The smallest absolute Gasteiger partial charge is 0.183 e. The average Bonchev–Trinajstić information content (AvgIpc) is 2.15. The number of phenols is 1. The summed E-state index contributed by atoms with van der Waals surface area (Å²) in [6.45, 7) is 4.49. The van der Waals surface area contributed by atoms with Crippen LogP contribution in [0.2, 0.25) is 0 Å². The largest absolute Gasteiger partial charge is 0.507 e. The minimum absolute atomic E-state index is 0.0116. The molecule has 3 nitrogen and oxygen atoms in total. The van der Waals surface area contributed by atoms with Gasteiger partial charge in [0.05, 0.1) is 11.6 Å². The van der Waals surface area contributed by atoms with Crippen LogP contribution >= 0.6 is 0 Å². The van der Waals surface area contributed by atoms with Crippen LogP contribution in [0, 0.1) is 19.7 Å². The summed E-state index contributed by atoms with van der Waals surface area (Å²) in [5.74, 6) is -1.14. The monoisotopic (exact) mass is 211 g/mol. The second-order valence-electron chi connectivity index (χ2n) is 3.68. The molecule has 1 rings (SSSR count). The summed E-state index contributed by atoms with van der Waals surface area (Å²) in [7, 11) is 0. The Labute approximate surface area is 87.7 Å². The Kier molecular flexibility index (Phi) is 3.09. The molecule has 0 aromatic heterocycles. The van der Waals surface area contributed by atoms with Gasteiger partial charge in [0.1, 0.15) is 11.6 Å². The molecule has 1 aromatic rings. The SMILES string of the molecule is Cc1cc(F)c(C)c(C(=O)C(C)N)c1O. The van der Waals surface area contributed by atoms with Gasteiger partial charge in [-0.05, 0) is 38.0 Å². The zero-order chi connectivity index (χ0) is 11.7. The number of hydrogen-bond acceptors (Lipinski definition) is 3. The fourth-order valence-corrected chi connectivity index (χ4v) is 1.39. The Morgan fingerprint density at radius 2 is 2.07 bits per heavy atom. The third-order valence-corrected chi connectivity index (χ3v) is 2.35. The first-order valence-electron chi connectivity index (χ1n) is 4.64. The lowest BCUT2D eigenvalue weighted by atomic mass is 9.96. The first kappa shape index (κ1) is 11.7. The van der Waals surface area contributed by atoms with E-state index in [1.165, 1.54) is 26.8 Å². The van der Waals surface area contributed by atoms with Crippen LogP contribution in [-0.4, -0.2) is 16.9 Å². The number of nitrogens with two attached hydrogens (primary N) is 1. The lowest BCUT2D eigenvalue weighted by Crippen LogP contribution is -2.27. The Hall–Kier alpha value is -1.42. The number of phenolic OH excluding ortho intramolecular Hbond substituents is 1. The van der Waals surface area contributed by atoms with Crippen molar-refractivity contribution in [2.45, 2.75) is 26.8 Å². The maximum absolute atomic E-state index is 13.3. The van der Waals surface area contributed by atoms with Crippen LogP contribution < -0.4 is 5.73 Å². The molecule has 0 saturated carbocycles. The summed E-state index contributed by atoms with van der Waals surface area (Å²) in [5.41, 5.74) is 5.89. The molecule has 0 heterocycles. The molecule has 3 N–H and O–H groups in total. The van der Waals surface area contributed by atoms with Crippen molar-refractivity contribution in [3.63, 3.8) is 0 Å². The molecular weight excluding hydrogens is 197 g/mol. The normalized spacial score (nSPS) is 12.6. The fraction of sp³-hybridized carbons (Fsp3) is 0.364. The summed E-state index contributed by atoms with van der Waals surface area (Å²) in [6, 6.07) is 0.443. The van der Waals surface area contributed by atoms with Crippen molar-refractivity contribution >= 4 is 5.78 Å². The maximum Gasteiger partial charge on any atom is 0.183 e. The van der Waals surface area contributed by atoms with Crippen molar-refractivity contribution in [1.82, 2.24) is 0 Å². The number of halogens is 1. The first-order valence-corrected chi connectivity index (χ1v) is 4.64. The van der Waals surface area contributed by atoms with Crippen molar-refractivity contribution in [3.8, 4) is 5.75 Å². The number of carbonyl (C=O) groups is 1. The van der Waals surface area contributed by atoms with Crippen LogP contribution in [0.1, 0.15) is 28.4 Å². The predicted molar refractivity (Wildman–Crippen MR) is 55.5 cm³/mol. The Morgan fingerprint density at radius 1 is 1.53 bits per heavy atom. The third-order valence-electron chi connectivity index (χ3n) is 2.35. The molecule has 1 aromatic carbocycles. The van der Waals surface area contributed by atoms with Gasteiger partial charge in [0.2, 0.25) is 0 Å². The van der Waals surface area contributed by atoms with Gasteiger partial charge in [-0.15, -0.1) is 0 Å². The minimum Gasteiger partial charge on any atom is -0.507 e. The van der Waals surface area contributed by atoms with Gasteiger partial charge in [-0.25, -0.2) is 4.39 Å². The summed E-state index contributed by atoms with van der Waals surface area (Å²) in [4.78, 5) is 11.6.